The lowest BCUT2D eigenvalue weighted by Gasteiger charge is -2.40. The van der Waals surface area contributed by atoms with Crippen molar-refractivity contribution in [1.82, 2.24) is 9.97 Å². The van der Waals surface area contributed by atoms with Gasteiger partial charge >= 0.3 is 0 Å². The highest BCUT2D eigenvalue weighted by molar-refractivity contribution is 6.08. The van der Waals surface area contributed by atoms with Gasteiger partial charge in [0.1, 0.15) is 22.7 Å². The molecule has 4 heteroatoms. The largest absolute Gasteiger partial charge is 0.456 e. The Hall–Kier alpha value is -6.78. The van der Waals surface area contributed by atoms with Gasteiger partial charge in [-0.1, -0.05) is 134 Å². The fourth-order valence-electron chi connectivity index (χ4n) is 8.31. The van der Waals surface area contributed by atoms with Gasteiger partial charge in [0.2, 0.25) is 0 Å². The Morgan fingerprint density at radius 1 is 0.596 bits per heavy atom. The van der Waals surface area contributed by atoms with E-state index >= 15 is 0 Å². The Bertz CT molecular complexity index is 2730. The summed E-state index contributed by atoms with van der Waals surface area (Å²) in [4.78, 5) is 10.3. The van der Waals surface area contributed by atoms with Crippen molar-refractivity contribution in [3.63, 3.8) is 0 Å². The second kappa shape index (κ2) is 11.6. The predicted octanol–water partition coefficient (Wildman–Crippen LogP) is 12.3. The highest BCUT2D eigenvalue weighted by atomic mass is 16.5. The summed E-state index contributed by atoms with van der Waals surface area (Å²) in [5, 5.41) is 2.19. The first-order valence-corrected chi connectivity index (χ1v) is 17.6. The number of nitrogens with zero attached hydrogens (tertiary/aromatic N) is 2. The number of benzene rings is 6. The number of furan rings is 1. The van der Waals surface area contributed by atoms with Crippen LogP contribution in [0.15, 0.2) is 180 Å². The number of hydrogen-bond donors (Lipinski definition) is 0. The van der Waals surface area contributed by atoms with E-state index in [0.717, 1.165) is 94.9 Å². The molecule has 4 nitrogen and oxygen atoms in total. The summed E-state index contributed by atoms with van der Waals surface area (Å²) in [5.41, 5.74) is 12.1. The predicted molar refractivity (Wildman–Crippen MR) is 210 cm³/mol. The summed E-state index contributed by atoms with van der Waals surface area (Å²) in [6, 6.07) is 50.1. The van der Waals surface area contributed by atoms with Gasteiger partial charge in [-0.25, -0.2) is 9.97 Å². The summed E-state index contributed by atoms with van der Waals surface area (Å²) in [6.45, 7) is 6.52. The molecule has 6 aromatic carbocycles. The molecule has 1 spiro atoms. The van der Waals surface area contributed by atoms with Crippen LogP contribution >= 0.6 is 0 Å². The fourth-order valence-corrected chi connectivity index (χ4v) is 8.31. The van der Waals surface area contributed by atoms with Crippen molar-refractivity contribution >= 4 is 27.5 Å². The van der Waals surface area contributed by atoms with Crippen LogP contribution in [0.2, 0.25) is 0 Å². The molecule has 0 saturated carbocycles. The number of hydrogen-bond acceptors (Lipinski definition) is 4. The third-order valence-electron chi connectivity index (χ3n) is 10.5. The van der Waals surface area contributed by atoms with Gasteiger partial charge in [0, 0.05) is 38.6 Å². The first kappa shape index (κ1) is 30.1. The Balaban J connectivity index is 1.30. The molecule has 1 aliphatic carbocycles. The third-order valence-corrected chi connectivity index (χ3v) is 10.5. The number of para-hydroxylation sites is 3. The van der Waals surface area contributed by atoms with Gasteiger partial charge in [-0.2, -0.15) is 0 Å². The Morgan fingerprint density at radius 2 is 1.31 bits per heavy atom. The van der Waals surface area contributed by atoms with Crippen molar-refractivity contribution in [1.29, 1.82) is 0 Å². The monoisotopic (exact) mass is 668 g/mol. The maximum atomic E-state index is 7.02. The molecule has 0 amide bonds. The number of ether oxygens (including phenoxy) is 1. The van der Waals surface area contributed by atoms with Gasteiger partial charge in [0.25, 0.3) is 0 Å². The lowest BCUT2D eigenvalue weighted by atomic mass is 9.65. The number of aromatic nitrogens is 2. The van der Waals surface area contributed by atoms with E-state index in [1.165, 1.54) is 0 Å². The second-order valence-electron chi connectivity index (χ2n) is 13.2. The molecule has 246 valence electrons. The molecule has 10 rings (SSSR count). The zero-order valence-corrected chi connectivity index (χ0v) is 28.5. The molecule has 1 unspecified atom stereocenters. The molecule has 0 radical (unpaired) electrons. The second-order valence-corrected chi connectivity index (χ2v) is 13.2. The summed E-state index contributed by atoms with van der Waals surface area (Å²) < 4.78 is 13.6. The topological polar surface area (TPSA) is 48.2 Å². The highest BCUT2D eigenvalue weighted by Gasteiger charge is 2.52. The van der Waals surface area contributed by atoms with E-state index in [1.54, 1.807) is 0 Å². The first-order chi connectivity index (χ1) is 25.7. The Kier molecular flexibility index (Phi) is 6.74. The van der Waals surface area contributed by atoms with Gasteiger partial charge in [0.15, 0.2) is 5.82 Å². The third kappa shape index (κ3) is 4.28. The maximum Gasteiger partial charge on any atom is 0.160 e. The molecule has 2 aromatic heterocycles. The minimum atomic E-state index is -0.739. The van der Waals surface area contributed by atoms with Crippen LogP contribution in [0.1, 0.15) is 29.2 Å². The van der Waals surface area contributed by atoms with E-state index in [1.807, 2.05) is 72.8 Å². The lowest BCUT2D eigenvalue weighted by molar-refractivity contribution is 0.437. The molecule has 0 saturated heterocycles. The van der Waals surface area contributed by atoms with E-state index in [2.05, 4.69) is 105 Å². The average molecular weight is 669 g/mol. The summed E-state index contributed by atoms with van der Waals surface area (Å²) in [7, 11) is 0. The minimum absolute atomic E-state index is 0.654. The van der Waals surface area contributed by atoms with Crippen molar-refractivity contribution in [2.75, 3.05) is 0 Å². The van der Waals surface area contributed by atoms with Crippen molar-refractivity contribution in [2.45, 2.75) is 12.3 Å². The van der Waals surface area contributed by atoms with Crippen LogP contribution in [0.4, 0.5) is 0 Å². The first-order valence-electron chi connectivity index (χ1n) is 17.6. The minimum Gasteiger partial charge on any atom is -0.456 e. The molecule has 1 atom stereocenters. The van der Waals surface area contributed by atoms with Crippen LogP contribution < -0.4 is 4.74 Å². The standard InChI is InChI=1S/C48H32N2O2/c1-3-16-32-35-27-36-33-21-11-13-25-43(33)51-45(36)28-40(35)48(37(32)4-2)38-23-12-14-26-44(38)52-46-34(22-15-24-39(46)48)42-29-41(30-17-7-5-8-18-30)49-47(50-42)31-19-9-6-10-20-31/h3-29H,2H2,1H3/b16-3-. The molecule has 8 aromatic rings. The summed E-state index contributed by atoms with van der Waals surface area (Å²) in [6.07, 6.45) is 6.35. The van der Waals surface area contributed by atoms with Gasteiger partial charge in [0.05, 0.1) is 16.8 Å². The van der Waals surface area contributed by atoms with Crippen LogP contribution in [0.3, 0.4) is 0 Å². The van der Waals surface area contributed by atoms with E-state index in [9.17, 15) is 0 Å². The molecule has 1 aliphatic heterocycles. The molecule has 0 N–H and O–H groups in total. The highest BCUT2D eigenvalue weighted by Crippen LogP contribution is 2.63. The zero-order chi connectivity index (χ0) is 34.8. The number of rotatable bonds is 5. The summed E-state index contributed by atoms with van der Waals surface area (Å²) >= 11 is 0. The average Bonchev–Trinajstić information content (AvgIpc) is 3.70. The van der Waals surface area contributed by atoms with Gasteiger partial charge in [-0.3, -0.25) is 0 Å². The smallest absolute Gasteiger partial charge is 0.160 e. The van der Waals surface area contributed by atoms with Crippen molar-refractivity contribution in [2.24, 2.45) is 0 Å². The molecule has 52 heavy (non-hydrogen) atoms. The van der Waals surface area contributed by atoms with E-state index in [4.69, 9.17) is 19.1 Å². The zero-order valence-electron chi connectivity index (χ0n) is 28.5. The van der Waals surface area contributed by atoms with Crippen LogP contribution in [0, 0.1) is 0 Å². The SMILES string of the molecule is C=CC1=C(/C=C\C)c2cc3c(cc2C12c1ccccc1Oc1c(-c4cc(-c5ccccc5)nc(-c5ccccc5)n4)cccc12)oc1ccccc13. The van der Waals surface area contributed by atoms with Crippen molar-refractivity contribution in [3.8, 4) is 45.4 Å². The normalized spacial score (nSPS) is 15.9. The van der Waals surface area contributed by atoms with Crippen LogP contribution in [0.25, 0.3) is 61.4 Å². The molecule has 0 fully saturated rings. The van der Waals surface area contributed by atoms with Crippen LogP contribution in [-0.2, 0) is 5.41 Å². The fraction of sp³-hybridized carbons (Fsp3) is 0.0417. The van der Waals surface area contributed by atoms with E-state index < -0.39 is 5.41 Å². The summed E-state index contributed by atoms with van der Waals surface area (Å²) in [5.74, 6) is 2.20. The van der Waals surface area contributed by atoms with E-state index in [-0.39, 0.29) is 0 Å². The molecular weight excluding hydrogens is 637 g/mol. The van der Waals surface area contributed by atoms with Crippen LogP contribution in [-0.4, -0.2) is 9.97 Å². The van der Waals surface area contributed by atoms with Crippen LogP contribution in [0.5, 0.6) is 11.5 Å². The number of fused-ring (bicyclic) bond motifs is 9. The van der Waals surface area contributed by atoms with Crippen molar-refractivity contribution < 1.29 is 9.15 Å². The van der Waals surface area contributed by atoms with Gasteiger partial charge < -0.3 is 9.15 Å². The molecular formula is C48H32N2O2. The molecule has 0 bridgehead atoms. The van der Waals surface area contributed by atoms with Gasteiger partial charge in [-0.05, 0) is 65.6 Å². The van der Waals surface area contributed by atoms with E-state index in [0.29, 0.717) is 5.82 Å². The number of allylic oxidation sites excluding steroid dienone is 5. The molecule has 2 aliphatic rings. The Labute approximate surface area is 301 Å². The molecule has 3 heterocycles. The van der Waals surface area contributed by atoms with Gasteiger partial charge in [-0.15, -0.1) is 0 Å². The lowest BCUT2D eigenvalue weighted by Crippen LogP contribution is -2.33. The van der Waals surface area contributed by atoms with Crippen molar-refractivity contribution in [3.05, 3.63) is 198 Å². The Morgan fingerprint density at radius 3 is 2.12 bits per heavy atom. The maximum absolute atomic E-state index is 7.02. The quantitative estimate of drug-likeness (QED) is 0.183.